The zero-order valence-corrected chi connectivity index (χ0v) is 11.7. The highest BCUT2D eigenvalue weighted by Gasteiger charge is 2.60. The summed E-state index contributed by atoms with van der Waals surface area (Å²) in [5.74, 6) is -1.48. The molecule has 5 nitrogen and oxygen atoms in total. The topological polar surface area (TPSA) is 74.7 Å². The van der Waals surface area contributed by atoms with Crippen LogP contribution in [0.3, 0.4) is 0 Å². The lowest BCUT2D eigenvalue weighted by Gasteiger charge is -2.29. The van der Waals surface area contributed by atoms with Gasteiger partial charge in [-0.15, -0.1) is 0 Å². The van der Waals surface area contributed by atoms with Crippen LogP contribution in [0.5, 0.6) is 0 Å². The van der Waals surface area contributed by atoms with Crippen molar-refractivity contribution in [1.29, 1.82) is 0 Å². The van der Waals surface area contributed by atoms with E-state index in [1.807, 2.05) is 26.0 Å². The number of carbonyl (C=O) groups excluding carboxylic acids is 2. The van der Waals surface area contributed by atoms with E-state index in [1.165, 1.54) is 4.90 Å². The lowest BCUT2D eigenvalue weighted by Crippen LogP contribution is -2.45. The van der Waals surface area contributed by atoms with Gasteiger partial charge in [-0.1, -0.05) is 26.0 Å². The van der Waals surface area contributed by atoms with E-state index >= 15 is 0 Å². The Bertz CT molecular complexity index is 480. The van der Waals surface area contributed by atoms with Gasteiger partial charge in [0.15, 0.2) is 0 Å². The molecule has 5 atom stereocenters. The monoisotopic (exact) mass is 277 g/mol. The van der Waals surface area contributed by atoms with Gasteiger partial charge in [-0.05, 0) is 24.2 Å². The van der Waals surface area contributed by atoms with Gasteiger partial charge in [0, 0.05) is 0 Å². The second-order valence-electron chi connectivity index (χ2n) is 6.46. The van der Waals surface area contributed by atoms with Crippen molar-refractivity contribution in [2.24, 2.45) is 29.6 Å². The van der Waals surface area contributed by atoms with E-state index in [4.69, 9.17) is 5.11 Å². The highest BCUT2D eigenvalue weighted by Crippen LogP contribution is 2.53. The molecule has 108 valence electrons. The van der Waals surface area contributed by atoms with Gasteiger partial charge in [-0.3, -0.25) is 19.3 Å². The molecule has 2 fully saturated rings. The molecular formula is C15H19NO4. The molecule has 2 aliphatic carbocycles. The summed E-state index contributed by atoms with van der Waals surface area (Å²) in [4.78, 5) is 37.5. The minimum Gasteiger partial charge on any atom is -0.481 e. The smallest absolute Gasteiger partial charge is 0.305 e. The van der Waals surface area contributed by atoms with Crippen molar-refractivity contribution in [3.63, 3.8) is 0 Å². The maximum atomic E-state index is 12.6. The Hall–Kier alpha value is -1.65. The lowest BCUT2D eigenvalue weighted by atomic mass is 9.85. The van der Waals surface area contributed by atoms with Crippen molar-refractivity contribution >= 4 is 17.8 Å². The summed E-state index contributed by atoms with van der Waals surface area (Å²) in [6.07, 6.45) is 4.81. The van der Waals surface area contributed by atoms with Crippen LogP contribution in [0.25, 0.3) is 0 Å². The molecule has 0 spiro atoms. The van der Waals surface area contributed by atoms with E-state index in [2.05, 4.69) is 0 Å². The Kier molecular flexibility index (Phi) is 2.96. The van der Waals surface area contributed by atoms with Crippen molar-refractivity contribution < 1.29 is 19.5 Å². The minimum absolute atomic E-state index is 0.0524. The van der Waals surface area contributed by atoms with Gasteiger partial charge in [0.1, 0.15) is 0 Å². The third-order valence-corrected chi connectivity index (χ3v) is 4.99. The molecule has 3 rings (SSSR count). The molecule has 0 aromatic heterocycles. The van der Waals surface area contributed by atoms with Crippen LogP contribution >= 0.6 is 0 Å². The Balaban J connectivity index is 1.90. The molecule has 1 heterocycles. The van der Waals surface area contributed by atoms with Crippen molar-refractivity contribution in [3.8, 4) is 0 Å². The van der Waals surface area contributed by atoms with E-state index in [9.17, 15) is 14.4 Å². The summed E-state index contributed by atoms with van der Waals surface area (Å²) in [6.45, 7) is 3.71. The quantitative estimate of drug-likeness (QED) is 0.620. The number of aliphatic carboxylic acids is 1. The van der Waals surface area contributed by atoms with Crippen LogP contribution in [0.4, 0.5) is 0 Å². The fraction of sp³-hybridized carbons (Fsp3) is 0.667. The molecule has 1 saturated heterocycles. The fourth-order valence-corrected chi connectivity index (χ4v) is 4.06. The first-order chi connectivity index (χ1) is 9.41. The predicted molar refractivity (Wildman–Crippen MR) is 70.4 cm³/mol. The Morgan fingerprint density at radius 3 is 2.15 bits per heavy atom. The lowest BCUT2D eigenvalue weighted by molar-refractivity contribution is -0.147. The van der Waals surface area contributed by atoms with Gasteiger partial charge in [0.05, 0.1) is 24.3 Å². The Labute approximate surface area is 117 Å². The Morgan fingerprint density at radius 1 is 1.25 bits per heavy atom. The number of carboxylic acid groups (broad SMARTS) is 1. The molecule has 0 radical (unpaired) electrons. The molecule has 2 amide bonds. The summed E-state index contributed by atoms with van der Waals surface area (Å²) in [7, 11) is 0. The second-order valence-corrected chi connectivity index (χ2v) is 6.46. The zero-order chi connectivity index (χ0) is 14.6. The first-order valence-electron chi connectivity index (χ1n) is 7.19. The van der Waals surface area contributed by atoms with Gasteiger partial charge in [-0.25, -0.2) is 0 Å². The number of carbonyl (C=O) groups is 3. The first-order valence-corrected chi connectivity index (χ1v) is 7.19. The van der Waals surface area contributed by atoms with E-state index in [-0.39, 0.29) is 47.8 Å². The normalized spacial score (nSPS) is 36.0. The third-order valence-electron chi connectivity index (χ3n) is 4.99. The van der Waals surface area contributed by atoms with E-state index in [1.54, 1.807) is 0 Å². The number of allylic oxidation sites excluding steroid dienone is 2. The maximum Gasteiger partial charge on any atom is 0.305 e. The number of likely N-dealkylation sites (tertiary alicyclic amines) is 1. The summed E-state index contributed by atoms with van der Waals surface area (Å²) < 4.78 is 0. The van der Waals surface area contributed by atoms with Crippen LogP contribution in [0.1, 0.15) is 26.7 Å². The number of hydrogen-bond acceptors (Lipinski definition) is 3. The minimum atomic E-state index is -0.970. The number of nitrogens with zero attached hydrogens (tertiary/aromatic N) is 1. The first kappa shape index (κ1) is 13.3. The van der Waals surface area contributed by atoms with Crippen molar-refractivity contribution in [1.82, 2.24) is 4.90 Å². The molecular weight excluding hydrogens is 258 g/mol. The summed E-state index contributed by atoms with van der Waals surface area (Å²) in [5, 5.41) is 9.02. The average molecular weight is 277 g/mol. The van der Waals surface area contributed by atoms with Crippen LogP contribution in [0, 0.1) is 29.6 Å². The molecule has 0 aromatic rings. The van der Waals surface area contributed by atoms with Crippen LogP contribution in [0.2, 0.25) is 0 Å². The molecule has 1 aliphatic heterocycles. The van der Waals surface area contributed by atoms with Crippen LogP contribution < -0.4 is 0 Å². The predicted octanol–water partition coefficient (Wildman–Crippen LogP) is 1.29. The number of imide groups is 1. The summed E-state index contributed by atoms with van der Waals surface area (Å²) >= 11 is 0. The molecule has 2 bridgehead atoms. The number of carboxylic acids is 1. The van der Waals surface area contributed by atoms with Gasteiger partial charge in [0.25, 0.3) is 0 Å². The van der Waals surface area contributed by atoms with Crippen LogP contribution in [-0.4, -0.2) is 33.8 Å². The molecule has 5 unspecified atom stereocenters. The van der Waals surface area contributed by atoms with E-state index in [0.29, 0.717) is 0 Å². The SMILES string of the molecule is CC(C)C(CC(=O)O)N1C(=O)C2C3C=CC(C3)C2C1=O. The third kappa shape index (κ3) is 1.72. The van der Waals surface area contributed by atoms with Crippen molar-refractivity contribution in [2.45, 2.75) is 32.7 Å². The average Bonchev–Trinajstić information content (AvgIpc) is 3.01. The molecule has 3 aliphatic rings. The number of amides is 2. The molecule has 1 saturated carbocycles. The maximum absolute atomic E-state index is 12.6. The molecule has 1 N–H and O–H groups in total. The summed E-state index contributed by atoms with van der Waals surface area (Å²) in [6, 6.07) is -0.530. The van der Waals surface area contributed by atoms with E-state index in [0.717, 1.165) is 6.42 Å². The van der Waals surface area contributed by atoms with Gasteiger partial charge >= 0.3 is 5.97 Å². The van der Waals surface area contributed by atoms with Gasteiger partial charge in [-0.2, -0.15) is 0 Å². The fourth-order valence-electron chi connectivity index (χ4n) is 4.06. The molecule has 20 heavy (non-hydrogen) atoms. The standard InChI is InChI=1S/C15H19NO4/c1-7(2)10(6-11(17)18)16-14(19)12-8-3-4-9(5-8)13(12)15(16)20/h3-4,7-10,12-13H,5-6H2,1-2H3,(H,17,18). The van der Waals surface area contributed by atoms with Crippen LogP contribution in [-0.2, 0) is 14.4 Å². The second kappa shape index (κ2) is 4.43. The zero-order valence-electron chi connectivity index (χ0n) is 11.7. The van der Waals surface area contributed by atoms with E-state index < -0.39 is 12.0 Å². The van der Waals surface area contributed by atoms with Crippen molar-refractivity contribution in [2.75, 3.05) is 0 Å². The molecule has 5 heteroatoms. The highest BCUT2D eigenvalue weighted by atomic mass is 16.4. The summed E-state index contributed by atoms with van der Waals surface area (Å²) in [5.41, 5.74) is 0. The number of rotatable bonds is 4. The highest BCUT2D eigenvalue weighted by molar-refractivity contribution is 6.07. The number of hydrogen-bond donors (Lipinski definition) is 1. The van der Waals surface area contributed by atoms with Crippen LogP contribution in [0.15, 0.2) is 12.2 Å². The van der Waals surface area contributed by atoms with Gasteiger partial charge < -0.3 is 5.11 Å². The van der Waals surface area contributed by atoms with Gasteiger partial charge in [0.2, 0.25) is 11.8 Å². The number of fused-ring (bicyclic) bond motifs is 5. The molecule has 0 aromatic carbocycles. The Morgan fingerprint density at radius 2 is 1.75 bits per heavy atom. The van der Waals surface area contributed by atoms with Crippen molar-refractivity contribution in [3.05, 3.63) is 12.2 Å². The largest absolute Gasteiger partial charge is 0.481 e.